The molecule has 1 aliphatic heterocycles. The fourth-order valence-electron chi connectivity index (χ4n) is 2.84. The van der Waals surface area contributed by atoms with Gasteiger partial charge in [-0.05, 0) is 31.0 Å². The van der Waals surface area contributed by atoms with Gasteiger partial charge in [0.25, 0.3) is 0 Å². The first-order valence-electron chi connectivity index (χ1n) is 7.37. The largest absolute Gasteiger partial charge is 0.477 e. The summed E-state index contributed by atoms with van der Waals surface area (Å²) in [6, 6.07) is 4.42. The summed E-state index contributed by atoms with van der Waals surface area (Å²) in [4.78, 5) is 11.1. The van der Waals surface area contributed by atoms with Crippen LogP contribution in [0.25, 0.3) is 0 Å². The molecule has 1 unspecified atom stereocenters. The van der Waals surface area contributed by atoms with Crippen molar-refractivity contribution in [2.24, 2.45) is 0 Å². The average molecular weight is 355 g/mol. The van der Waals surface area contributed by atoms with Crippen molar-refractivity contribution in [2.75, 3.05) is 6.54 Å². The molecule has 1 atom stereocenters. The van der Waals surface area contributed by atoms with Crippen molar-refractivity contribution >= 4 is 27.3 Å². The Kier molecular flexibility index (Phi) is 4.56. The monoisotopic (exact) mass is 355 g/mol. The van der Waals surface area contributed by atoms with Crippen molar-refractivity contribution in [1.29, 1.82) is 0 Å². The van der Waals surface area contributed by atoms with E-state index in [1.807, 2.05) is 0 Å². The number of carboxylic acids is 1. The lowest BCUT2D eigenvalue weighted by molar-refractivity contribution is 0.0702. The van der Waals surface area contributed by atoms with Crippen LogP contribution < -0.4 is 0 Å². The third kappa shape index (κ3) is 3.19. The smallest absolute Gasteiger partial charge is 0.345 e. The highest BCUT2D eigenvalue weighted by molar-refractivity contribution is 7.89. The second-order valence-corrected chi connectivity index (χ2v) is 8.25. The van der Waals surface area contributed by atoms with Crippen molar-refractivity contribution < 1.29 is 22.7 Å². The van der Waals surface area contributed by atoms with E-state index in [0.29, 0.717) is 18.7 Å². The molecule has 1 aliphatic rings. The van der Waals surface area contributed by atoms with Crippen molar-refractivity contribution in [2.45, 2.75) is 36.6 Å². The lowest BCUT2D eigenvalue weighted by atomic mass is 10.1. The highest BCUT2D eigenvalue weighted by Crippen LogP contribution is 2.35. The van der Waals surface area contributed by atoms with E-state index in [9.17, 15) is 13.2 Å². The zero-order chi connectivity index (χ0) is 16.4. The van der Waals surface area contributed by atoms with Gasteiger partial charge in [0.1, 0.15) is 10.6 Å². The van der Waals surface area contributed by atoms with Crippen LogP contribution in [0.5, 0.6) is 0 Å². The number of thiophene rings is 1. The number of rotatable bonds is 4. The molecule has 1 N–H and O–H groups in total. The Bertz CT molecular complexity index is 779. The van der Waals surface area contributed by atoms with Crippen molar-refractivity contribution in [3.8, 4) is 0 Å². The van der Waals surface area contributed by atoms with Gasteiger partial charge in [-0.25, -0.2) is 13.2 Å². The first-order valence-corrected chi connectivity index (χ1v) is 9.69. The summed E-state index contributed by atoms with van der Waals surface area (Å²) in [5, 5.41) is 10.4. The van der Waals surface area contributed by atoms with E-state index in [4.69, 9.17) is 9.52 Å². The maximum Gasteiger partial charge on any atom is 0.345 e. The minimum Gasteiger partial charge on any atom is -0.477 e. The van der Waals surface area contributed by atoms with Crippen LogP contribution in [0.1, 0.15) is 47.2 Å². The first-order chi connectivity index (χ1) is 11.0. The van der Waals surface area contributed by atoms with Crippen LogP contribution in [0.15, 0.2) is 39.2 Å². The fourth-order valence-corrected chi connectivity index (χ4v) is 5.60. The van der Waals surface area contributed by atoms with Gasteiger partial charge in [0.2, 0.25) is 10.0 Å². The number of sulfonamides is 1. The first kappa shape index (κ1) is 16.2. The molecule has 1 saturated heterocycles. The SMILES string of the molecule is O=C(O)c1cc(S(=O)(=O)N2CCCCCC2c2ccco2)cs1. The molecule has 0 aliphatic carbocycles. The predicted molar refractivity (Wildman–Crippen MR) is 85.1 cm³/mol. The highest BCUT2D eigenvalue weighted by Gasteiger charge is 2.35. The Morgan fingerprint density at radius 3 is 2.83 bits per heavy atom. The maximum atomic E-state index is 13.0. The molecular weight excluding hydrogens is 338 g/mol. The van der Waals surface area contributed by atoms with Gasteiger partial charge in [-0.1, -0.05) is 12.8 Å². The topological polar surface area (TPSA) is 87.8 Å². The summed E-state index contributed by atoms with van der Waals surface area (Å²) >= 11 is 0.924. The van der Waals surface area contributed by atoms with Crippen LogP contribution >= 0.6 is 11.3 Å². The Hall–Kier alpha value is -1.64. The minimum atomic E-state index is -3.75. The molecule has 1 fully saturated rings. The van der Waals surface area contributed by atoms with Gasteiger partial charge in [0.15, 0.2) is 0 Å². The standard InChI is InChI=1S/C15H17NO5S2/c17-15(18)14-9-11(10-22-14)23(19,20)16-7-3-1-2-5-12(16)13-6-4-8-21-13/h4,6,8-10,12H,1-3,5,7H2,(H,17,18). The molecule has 23 heavy (non-hydrogen) atoms. The molecule has 0 spiro atoms. The summed E-state index contributed by atoms with van der Waals surface area (Å²) in [6.45, 7) is 0.409. The summed E-state index contributed by atoms with van der Waals surface area (Å²) in [5.41, 5.74) is 0. The normalized spacial score (nSPS) is 20.3. The van der Waals surface area contributed by atoms with E-state index >= 15 is 0 Å². The maximum absolute atomic E-state index is 13.0. The lowest BCUT2D eigenvalue weighted by Crippen LogP contribution is -2.34. The third-order valence-electron chi connectivity index (χ3n) is 3.97. The van der Waals surface area contributed by atoms with E-state index in [0.717, 1.165) is 30.6 Å². The van der Waals surface area contributed by atoms with Gasteiger partial charge in [-0.15, -0.1) is 11.3 Å². The third-order valence-corrected chi connectivity index (χ3v) is 6.92. The van der Waals surface area contributed by atoms with Crippen LogP contribution in [-0.4, -0.2) is 30.3 Å². The lowest BCUT2D eigenvalue weighted by Gasteiger charge is -2.27. The zero-order valence-corrected chi connectivity index (χ0v) is 14.0. The van der Waals surface area contributed by atoms with Gasteiger partial charge < -0.3 is 9.52 Å². The molecular formula is C15H17NO5S2. The number of hydrogen-bond acceptors (Lipinski definition) is 5. The van der Waals surface area contributed by atoms with Crippen LogP contribution in [0, 0.1) is 0 Å². The average Bonchev–Trinajstić information content (AvgIpc) is 3.15. The second-order valence-electron chi connectivity index (χ2n) is 5.45. The molecule has 2 aromatic rings. The number of carbonyl (C=O) groups is 1. The Balaban J connectivity index is 1.98. The number of aromatic carboxylic acids is 1. The molecule has 0 saturated carbocycles. The van der Waals surface area contributed by atoms with Crippen molar-refractivity contribution in [3.05, 3.63) is 40.5 Å². The molecule has 2 aromatic heterocycles. The van der Waals surface area contributed by atoms with E-state index in [1.54, 1.807) is 12.1 Å². The number of hydrogen-bond donors (Lipinski definition) is 1. The number of furan rings is 1. The van der Waals surface area contributed by atoms with E-state index < -0.39 is 16.0 Å². The Morgan fingerprint density at radius 2 is 2.17 bits per heavy atom. The molecule has 3 rings (SSSR count). The van der Waals surface area contributed by atoms with E-state index in [2.05, 4.69) is 0 Å². The van der Waals surface area contributed by atoms with Crippen LogP contribution in [-0.2, 0) is 10.0 Å². The predicted octanol–water partition coefficient (Wildman–Crippen LogP) is 3.35. The van der Waals surface area contributed by atoms with Gasteiger partial charge >= 0.3 is 5.97 Å². The Labute approximate surface area is 138 Å². The van der Waals surface area contributed by atoms with Crippen LogP contribution in [0.3, 0.4) is 0 Å². The molecule has 8 heteroatoms. The number of carboxylic acid groups (broad SMARTS) is 1. The highest BCUT2D eigenvalue weighted by atomic mass is 32.2. The van der Waals surface area contributed by atoms with Crippen molar-refractivity contribution in [3.63, 3.8) is 0 Å². The molecule has 0 amide bonds. The summed E-state index contributed by atoms with van der Waals surface area (Å²) < 4.78 is 32.8. The van der Waals surface area contributed by atoms with Crippen molar-refractivity contribution in [1.82, 2.24) is 4.31 Å². The molecule has 0 aromatic carbocycles. The Morgan fingerprint density at radius 1 is 1.35 bits per heavy atom. The van der Waals surface area contributed by atoms with Crippen LogP contribution in [0.2, 0.25) is 0 Å². The van der Waals surface area contributed by atoms with Gasteiger partial charge in [0.05, 0.1) is 17.2 Å². The quantitative estimate of drug-likeness (QED) is 0.909. The van der Waals surface area contributed by atoms with Gasteiger partial charge in [-0.2, -0.15) is 4.31 Å². The molecule has 124 valence electrons. The number of nitrogens with zero attached hydrogens (tertiary/aromatic N) is 1. The molecule has 6 nitrogen and oxygen atoms in total. The fraction of sp³-hybridized carbons (Fsp3) is 0.400. The summed E-state index contributed by atoms with van der Waals surface area (Å²) in [6.07, 6.45) is 4.92. The molecule has 3 heterocycles. The van der Waals surface area contributed by atoms with Crippen LogP contribution in [0.4, 0.5) is 0 Å². The summed E-state index contributed by atoms with van der Waals surface area (Å²) in [7, 11) is -3.75. The zero-order valence-electron chi connectivity index (χ0n) is 12.3. The molecule has 0 radical (unpaired) electrons. The molecule has 0 bridgehead atoms. The van der Waals surface area contributed by atoms with E-state index in [-0.39, 0.29) is 15.8 Å². The summed E-state index contributed by atoms with van der Waals surface area (Å²) in [5.74, 6) is -0.487. The van der Waals surface area contributed by atoms with Gasteiger partial charge in [0, 0.05) is 11.9 Å². The second kappa shape index (κ2) is 6.46. The minimum absolute atomic E-state index is 0.0212. The van der Waals surface area contributed by atoms with Gasteiger partial charge in [-0.3, -0.25) is 0 Å². The van der Waals surface area contributed by atoms with E-state index in [1.165, 1.54) is 22.0 Å².